The number of nitrogens with zero attached hydrogens (tertiary/aromatic N) is 4. The Morgan fingerprint density at radius 1 is 1.19 bits per heavy atom. The van der Waals surface area contributed by atoms with E-state index in [0.29, 0.717) is 18.1 Å². The molecule has 0 saturated carbocycles. The van der Waals surface area contributed by atoms with E-state index in [1.165, 1.54) is 16.7 Å². The highest BCUT2D eigenvalue weighted by atomic mass is 16.7. The van der Waals surface area contributed by atoms with Crippen molar-refractivity contribution in [2.45, 2.75) is 31.8 Å². The Morgan fingerprint density at radius 2 is 2.11 bits per heavy atom. The predicted molar refractivity (Wildman–Crippen MR) is 101 cm³/mol. The molecule has 6 nitrogen and oxygen atoms in total. The fourth-order valence-electron chi connectivity index (χ4n) is 3.93. The third-order valence-corrected chi connectivity index (χ3v) is 5.28. The maximum atomic E-state index is 5.94. The summed E-state index contributed by atoms with van der Waals surface area (Å²) in [5.74, 6) is 1.25. The lowest BCUT2D eigenvalue weighted by Gasteiger charge is -2.21. The molecule has 0 amide bonds. The van der Waals surface area contributed by atoms with Crippen molar-refractivity contribution < 1.29 is 9.57 Å². The maximum Gasteiger partial charge on any atom is 0.235 e. The lowest BCUT2D eigenvalue weighted by atomic mass is 9.92. The van der Waals surface area contributed by atoms with E-state index in [9.17, 15) is 0 Å². The summed E-state index contributed by atoms with van der Waals surface area (Å²) in [6, 6.07) is 10.4. The standard InChI is InChI=1S/C21H20N4O2/c1-14-3-5-18-15(9-14)7-8-21(18)10-20(24-27-21)26-17-4-6-19(22-12-17)16-11-23-25(2)13-16/h3-6,9,11-13H,7-8,10H2,1-2H3/t21-/m1/s1. The van der Waals surface area contributed by atoms with E-state index in [0.717, 1.165) is 24.1 Å². The molecule has 1 atom stereocenters. The highest BCUT2D eigenvalue weighted by Crippen LogP contribution is 2.46. The van der Waals surface area contributed by atoms with Gasteiger partial charge in [0, 0.05) is 24.4 Å². The molecule has 0 fully saturated rings. The molecule has 2 aromatic heterocycles. The third kappa shape index (κ3) is 2.77. The van der Waals surface area contributed by atoms with Crippen LogP contribution in [0.1, 0.15) is 29.5 Å². The van der Waals surface area contributed by atoms with Crippen molar-refractivity contribution in [1.29, 1.82) is 0 Å². The van der Waals surface area contributed by atoms with Gasteiger partial charge < -0.3 is 9.57 Å². The molecule has 0 saturated heterocycles. The van der Waals surface area contributed by atoms with E-state index in [4.69, 9.17) is 9.57 Å². The van der Waals surface area contributed by atoms with Crippen LogP contribution in [-0.4, -0.2) is 20.7 Å². The van der Waals surface area contributed by atoms with Gasteiger partial charge in [-0.3, -0.25) is 9.67 Å². The highest BCUT2D eigenvalue weighted by Gasteiger charge is 2.46. The van der Waals surface area contributed by atoms with Gasteiger partial charge in [-0.1, -0.05) is 28.9 Å². The molecule has 5 rings (SSSR count). The first-order valence-electron chi connectivity index (χ1n) is 9.09. The Bertz CT molecular complexity index is 1040. The van der Waals surface area contributed by atoms with E-state index in [1.807, 2.05) is 25.4 Å². The fourth-order valence-corrected chi connectivity index (χ4v) is 3.93. The third-order valence-electron chi connectivity index (χ3n) is 5.28. The predicted octanol–water partition coefficient (Wildman–Crippen LogP) is 3.74. The second-order valence-electron chi connectivity index (χ2n) is 7.29. The van der Waals surface area contributed by atoms with E-state index in [1.54, 1.807) is 17.1 Å². The summed E-state index contributed by atoms with van der Waals surface area (Å²) in [6.07, 6.45) is 8.03. The van der Waals surface area contributed by atoms with Crippen LogP contribution < -0.4 is 4.74 Å². The number of hydrogen-bond donors (Lipinski definition) is 0. The number of pyridine rings is 1. The van der Waals surface area contributed by atoms with Crippen molar-refractivity contribution >= 4 is 5.90 Å². The Kier molecular flexibility index (Phi) is 3.53. The molecule has 6 heteroatoms. The van der Waals surface area contributed by atoms with Gasteiger partial charge in [-0.2, -0.15) is 5.10 Å². The molecule has 1 aliphatic heterocycles. The van der Waals surface area contributed by atoms with Crippen LogP contribution in [0.15, 0.2) is 54.1 Å². The van der Waals surface area contributed by atoms with Crippen LogP contribution in [0.3, 0.4) is 0 Å². The number of aryl methyl sites for hydroxylation is 3. The summed E-state index contributed by atoms with van der Waals surface area (Å²) < 4.78 is 7.69. The largest absolute Gasteiger partial charge is 0.438 e. The van der Waals surface area contributed by atoms with Crippen LogP contribution in [0.25, 0.3) is 11.3 Å². The van der Waals surface area contributed by atoms with Crippen LogP contribution in [0.5, 0.6) is 5.75 Å². The van der Waals surface area contributed by atoms with Crippen LogP contribution in [0.4, 0.5) is 0 Å². The van der Waals surface area contributed by atoms with Gasteiger partial charge >= 0.3 is 0 Å². The second kappa shape index (κ2) is 5.94. The number of ether oxygens (including phenoxy) is 1. The molecule has 1 aliphatic carbocycles. The number of rotatable bonds is 2. The molecule has 3 aromatic rings. The van der Waals surface area contributed by atoms with Gasteiger partial charge in [0.2, 0.25) is 5.90 Å². The molecule has 0 N–H and O–H groups in total. The minimum atomic E-state index is -0.374. The van der Waals surface area contributed by atoms with E-state index >= 15 is 0 Å². The number of fused-ring (bicyclic) bond motifs is 2. The Morgan fingerprint density at radius 3 is 2.89 bits per heavy atom. The number of hydrogen-bond acceptors (Lipinski definition) is 5. The van der Waals surface area contributed by atoms with Crippen molar-refractivity contribution in [3.05, 3.63) is 65.6 Å². The Hall–Kier alpha value is -3.15. The van der Waals surface area contributed by atoms with Crippen molar-refractivity contribution in [2.75, 3.05) is 0 Å². The molecular weight excluding hydrogens is 340 g/mol. The molecule has 1 aromatic carbocycles. The molecule has 0 bridgehead atoms. The molecule has 0 radical (unpaired) electrons. The Balaban J connectivity index is 1.31. The minimum Gasteiger partial charge on any atom is -0.438 e. The smallest absolute Gasteiger partial charge is 0.235 e. The summed E-state index contributed by atoms with van der Waals surface area (Å²) >= 11 is 0. The zero-order valence-electron chi connectivity index (χ0n) is 15.3. The topological polar surface area (TPSA) is 61.5 Å². The van der Waals surface area contributed by atoms with Crippen molar-refractivity contribution in [1.82, 2.24) is 14.8 Å². The number of aromatic nitrogens is 3. The summed E-state index contributed by atoms with van der Waals surface area (Å²) in [7, 11) is 1.89. The normalized spacial score (nSPS) is 20.4. The molecule has 0 unspecified atom stereocenters. The average molecular weight is 360 g/mol. The average Bonchev–Trinajstić information content (AvgIpc) is 3.36. The van der Waals surface area contributed by atoms with Crippen LogP contribution in [0, 0.1) is 6.92 Å². The molecule has 2 aliphatic rings. The van der Waals surface area contributed by atoms with Crippen molar-refractivity contribution in [3.8, 4) is 17.0 Å². The fraction of sp³-hybridized carbons (Fsp3) is 0.286. The van der Waals surface area contributed by atoms with Gasteiger partial charge in [-0.05, 0) is 37.5 Å². The van der Waals surface area contributed by atoms with Gasteiger partial charge in [0.25, 0.3) is 0 Å². The molecule has 136 valence electrons. The van der Waals surface area contributed by atoms with Crippen molar-refractivity contribution in [2.24, 2.45) is 12.2 Å². The van der Waals surface area contributed by atoms with Gasteiger partial charge in [0.05, 0.1) is 24.5 Å². The summed E-state index contributed by atoms with van der Waals surface area (Å²) in [5, 5.41) is 8.40. The van der Waals surface area contributed by atoms with Gasteiger partial charge in [-0.15, -0.1) is 0 Å². The van der Waals surface area contributed by atoms with Gasteiger partial charge in [0.1, 0.15) is 5.75 Å². The lowest BCUT2D eigenvalue weighted by molar-refractivity contribution is -0.0215. The van der Waals surface area contributed by atoms with Crippen molar-refractivity contribution in [3.63, 3.8) is 0 Å². The zero-order valence-corrected chi connectivity index (χ0v) is 15.3. The van der Waals surface area contributed by atoms with Gasteiger partial charge in [-0.25, -0.2) is 0 Å². The molecule has 27 heavy (non-hydrogen) atoms. The summed E-state index contributed by atoms with van der Waals surface area (Å²) in [4.78, 5) is 10.3. The highest BCUT2D eigenvalue weighted by molar-refractivity contribution is 5.81. The van der Waals surface area contributed by atoms with Crippen LogP contribution in [-0.2, 0) is 23.9 Å². The van der Waals surface area contributed by atoms with E-state index in [2.05, 4.69) is 40.4 Å². The van der Waals surface area contributed by atoms with Gasteiger partial charge in [0.15, 0.2) is 5.60 Å². The van der Waals surface area contributed by atoms with E-state index < -0.39 is 0 Å². The zero-order chi connectivity index (χ0) is 18.4. The van der Waals surface area contributed by atoms with E-state index in [-0.39, 0.29) is 5.60 Å². The Labute approximate surface area is 157 Å². The monoisotopic (exact) mass is 360 g/mol. The van der Waals surface area contributed by atoms with Crippen LogP contribution in [0.2, 0.25) is 0 Å². The lowest BCUT2D eigenvalue weighted by Crippen LogP contribution is -2.24. The summed E-state index contributed by atoms with van der Waals surface area (Å²) in [6.45, 7) is 2.12. The first-order valence-corrected chi connectivity index (χ1v) is 9.09. The number of oxime groups is 1. The maximum absolute atomic E-state index is 5.94. The second-order valence-corrected chi connectivity index (χ2v) is 7.29. The molecule has 3 heterocycles. The quantitative estimate of drug-likeness (QED) is 0.698. The molecular formula is C21H20N4O2. The molecule has 1 spiro atoms. The number of benzene rings is 1. The van der Waals surface area contributed by atoms with Crippen LogP contribution >= 0.6 is 0 Å². The first-order chi connectivity index (χ1) is 13.1. The first kappa shape index (κ1) is 16.1. The minimum absolute atomic E-state index is 0.374. The summed E-state index contributed by atoms with van der Waals surface area (Å²) in [5.41, 5.74) is 5.33. The SMILES string of the molecule is Cc1ccc2c(c1)CC[C@@]21CC(Oc2ccc(-c3cnn(C)c3)nc2)=NO1.